The van der Waals surface area contributed by atoms with Crippen molar-refractivity contribution >= 4 is 32.8 Å². The number of para-hydroxylation sites is 1. The number of pyridine rings is 1. The van der Waals surface area contributed by atoms with Crippen LogP contribution in [0.15, 0.2) is 132 Å². The molecular formula is C35H24N4O. The van der Waals surface area contributed by atoms with Crippen LogP contribution in [0.4, 0.5) is 0 Å². The summed E-state index contributed by atoms with van der Waals surface area (Å²) in [6.07, 6.45) is 5.31. The molecule has 8 aromatic rings. The summed E-state index contributed by atoms with van der Waals surface area (Å²) in [5, 5.41) is 2.44. The van der Waals surface area contributed by atoms with Gasteiger partial charge >= 0.3 is 0 Å². The predicted molar refractivity (Wildman–Crippen MR) is 161 cm³/mol. The third kappa shape index (κ3) is 3.48. The van der Waals surface area contributed by atoms with Crippen molar-refractivity contribution in [1.82, 2.24) is 19.1 Å². The Bertz CT molecular complexity index is 2170. The zero-order valence-corrected chi connectivity index (χ0v) is 21.8. The van der Waals surface area contributed by atoms with E-state index in [1.807, 2.05) is 30.5 Å². The van der Waals surface area contributed by atoms with Gasteiger partial charge in [0.1, 0.15) is 5.82 Å². The molecule has 5 heteroatoms. The molecule has 0 saturated heterocycles. The summed E-state index contributed by atoms with van der Waals surface area (Å²) in [5.41, 5.74) is 10.7. The molecule has 0 atom stereocenters. The molecule has 0 bridgehead atoms. The molecule has 0 aliphatic carbocycles. The van der Waals surface area contributed by atoms with Gasteiger partial charge in [-0.3, -0.25) is 4.98 Å². The molecule has 4 aromatic carbocycles. The first kappa shape index (κ1) is 22.6. The first-order valence-corrected chi connectivity index (χ1v) is 13.3. The van der Waals surface area contributed by atoms with E-state index >= 15 is 0 Å². The first-order chi connectivity index (χ1) is 19.7. The highest BCUT2D eigenvalue weighted by Crippen LogP contribution is 2.36. The molecule has 40 heavy (non-hydrogen) atoms. The zero-order valence-electron chi connectivity index (χ0n) is 21.8. The van der Waals surface area contributed by atoms with Gasteiger partial charge in [0, 0.05) is 46.4 Å². The lowest BCUT2D eigenvalue weighted by Crippen LogP contribution is -1.96. The number of fused-ring (bicyclic) bond motifs is 4. The summed E-state index contributed by atoms with van der Waals surface area (Å²) in [6.45, 7) is 0. The Kier molecular flexibility index (Phi) is 4.97. The summed E-state index contributed by atoms with van der Waals surface area (Å²) in [6, 6.07) is 38.2. The molecule has 0 fully saturated rings. The van der Waals surface area contributed by atoms with E-state index in [9.17, 15) is 0 Å². The molecular weight excluding hydrogens is 492 g/mol. The van der Waals surface area contributed by atoms with Gasteiger partial charge in [-0.25, -0.2) is 4.98 Å². The molecule has 0 saturated carbocycles. The van der Waals surface area contributed by atoms with Crippen molar-refractivity contribution in [3.8, 4) is 39.5 Å². The van der Waals surface area contributed by atoms with Crippen LogP contribution >= 0.6 is 0 Å². The van der Waals surface area contributed by atoms with E-state index in [1.54, 1.807) is 12.5 Å². The van der Waals surface area contributed by atoms with Crippen molar-refractivity contribution < 1.29 is 4.42 Å². The lowest BCUT2D eigenvalue weighted by molar-refractivity contribution is 0.568. The van der Waals surface area contributed by atoms with Crippen LogP contribution in [0, 0.1) is 0 Å². The number of aromatic nitrogens is 4. The molecule has 0 radical (unpaired) electrons. The lowest BCUT2D eigenvalue weighted by Gasteiger charge is -2.11. The number of hydrogen-bond acceptors (Lipinski definition) is 3. The highest BCUT2D eigenvalue weighted by molar-refractivity contribution is 6.10. The smallest absolute Gasteiger partial charge is 0.140 e. The van der Waals surface area contributed by atoms with E-state index in [4.69, 9.17) is 9.40 Å². The fourth-order valence-corrected chi connectivity index (χ4v) is 5.78. The van der Waals surface area contributed by atoms with Crippen LogP contribution in [0.5, 0.6) is 0 Å². The number of imidazole rings is 1. The maximum absolute atomic E-state index is 5.30. The summed E-state index contributed by atoms with van der Waals surface area (Å²) >= 11 is 0. The largest absolute Gasteiger partial charge is 0.472 e. The van der Waals surface area contributed by atoms with Gasteiger partial charge in [0.15, 0.2) is 0 Å². The van der Waals surface area contributed by atoms with Gasteiger partial charge in [0.25, 0.3) is 0 Å². The number of hydrogen-bond donors (Lipinski definition) is 0. The second kappa shape index (κ2) is 8.82. The second-order valence-electron chi connectivity index (χ2n) is 10.1. The summed E-state index contributed by atoms with van der Waals surface area (Å²) < 4.78 is 9.83. The molecule has 190 valence electrons. The first-order valence-electron chi connectivity index (χ1n) is 13.3. The van der Waals surface area contributed by atoms with Gasteiger partial charge in [0.05, 0.1) is 40.3 Å². The number of benzene rings is 4. The highest BCUT2D eigenvalue weighted by Gasteiger charge is 2.17. The van der Waals surface area contributed by atoms with Gasteiger partial charge in [-0.2, -0.15) is 0 Å². The molecule has 0 unspecified atom stereocenters. The molecule has 4 heterocycles. The minimum atomic E-state index is 0.931. The maximum Gasteiger partial charge on any atom is 0.140 e. The van der Waals surface area contributed by atoms with Crippen LogP contribution in [0.1, 0.15) is 0 Å². The zero-order chi connectivity index (χ0) is 26.6. The summed E-state index contributed by atoms with van der Waals surface area (Å²) in [7, 11) is 2.08. The normalized spacial score (nSPS) is 11.6. The summed E-state index contributed by atoms with van der Waals surface area (Å²) in [5.74, 6) is 0.931. The van der Waals surface area contributed by atoms with Crippen molar-refractivity contribution in [2.45, 2.75) is 0 Å². The quantitative estimate of drug-likeness (QED) is 0.235. The van der Waals surface area contributed by atoms with E-state index in [0.717, 1.165) is 56.0 Å². The Morgan fingerprint density at radius 3 is 2.35 bits per heavy atom. The van der Waals surface area contributed by atoms with E-state index in [2.05, 4.69) is 106 Å². The van der Waals surface area contributed by atoms with Crippen molar-refractivity contribution in [2.24, 2.45) is 7.05 Å². The lowest BCUT2D eigenvalue weighted by atomic mass is 10.1. The number of nitrogens with zero attached hydrogens (tertiary/aromatic N) is 4. The fraction of sp³-hybridized carbons (Fsp3) is 0.0286. The van der Waals surface area contributed by atoms with Gasteiger partial charge < -0.3 is 13.6 Å². The average Bonchev–Trinajstić information content (AvgIpc) is 3.74. The van der Waals surface area contributed by atoms with Crippen molar-refractivity contribution in [1.29, 1.82) is 0 Å². The Labute approximate surface area is 230 Å². The number of aryl methyl sites for hydroxylation is 1. The molecule has 0 N–H and O–H groups in total. The van der Waals surface area contributed by atoms with Crippen molar-refractivity contribution in [3.05, 3.63) is 128 Å². The predicted octanol–water partition coefficient (Wildman–Crippen LogP) is 8.66. The average molecular weight is 517 g/mol. The van der Waals surface area contributed by atoms with Crippen LogP contribution in [-0.2, 0) is 7.05 Å². The second-order valence-corrected chi connectivity index (χ2v) is 10.1. The van der Waals surface area contributed by atoms with Gasteiger partial charge in [-0.05, 0) is 60.2 Å². The van der Waals surface area contributed by atoms with E-state index in [-0.39, 0.29) is 0 Å². The van der Waals surface area contributed by atoms with Gasteiger partial charge in [-0.1, -0.05) is 54.6 Å². The van der Waals surface area contributed by atoms with Crippen LogP contribution < -0.4 is 0 Å². The van der Waals surface area contributed by atoms with Gasteiger partial charge in [0.2, 0.25) is 0 Å². The highest BCUT2D eigenvalue weighted by atomic mass is 16.3. The number of furan rings is 1. The monoisotopic (exact) mass is 516 g/mol. The Morgan fingerprint density at radius 2 is 1.48 bits per heavy atom. The SMILES string of the molecule is Cn1c(-c2ccc3c4ccccc4n(-c4cccc(-c5ccccn5)c4)c3c2)nc2ccc(-c3ccoc3)cc21. The Balaban J connectivity index is 1.33. The Morgan fingerprint density at radius 1 is 0.625 bits per heavy atom. The van der Waals surface area contributed by atoms with E-state index in [0.29, 0.717) is 0 Å². The molecule has 0 spiro atoms. The third-order valence-corrected chi connectivity index (χ3v) is 7.73. The van der Waals surface area contributed by atoms with Crippen LogP contribution in [-0.4, -0.2) is 19.1 Å². The van der Waals surface area contributed by atoms with Crippen molar-refractivity contribution in [3.63, 3.8) is 0 Å². The summed E-state index contributed by atoms with van der Waals surface area (Å²) in [4.78, 5) is 9.62. The van der Waals surface area contributed by atoms with Crippen LogP contribution in [0.2, 0.25) is 0 Å². The standard InChI is InChI=1S/C35H24N4O/c1-38-34-20-23(26-16-18-40-22-26)13-15-31(34)37-35(38)25-12-14-29-28-9-2-3-11-32(28)39(33(29)21-25)27-8-6-7-24(19-27)30-10-4-5-17-36-30/h2-22H,1H3. The maximum atomic E-state index is 5.30. The molecule has 0 amide bonds. The fourth-order valence-electron chi connectivity index (χ4n) is 5.78. The third-order valence-electron chi connectivity index (χ3n) is 7.73. The molecule has 4 aromatic heterocycles. The van der Waals surface area contributed by atoms with Gasteiger partial charge in [-0.15, -0.1) is 0 Å². The van der Waals surface area contributed by atoms with E-state index < -0.39 is 0 Å². The number of rotatable bonds is 4. The minimum absolute atomic E-state index is 0.931. The van der Waals surface area contributed by atoms with Crippen LogP contribution in [0.3, 0.4) is 0 Å². The molecule has 8 rings (SSSR count). The topological polar surface area (TPSA) is 48.8 Å². The molecule has 0 aliphatic rings. The van der Waals surface area contributed by atoms with E-state index in [1.165, 1.54) is 16.3 Å². The Hall–Kier alpha value is -5.42. The van der Waals surface area contributed by atoms with Crippen molar-refractivity contribution in [2.75, 3.05) is 0 Å². The molecule has 0 aliphatic heterocycles. The minimum Gasteiger partial charge on any atom is -0.472 e. The molecule has 5 nitrogen and oxygen atoms in total. The van der Waals surface area contributed by atoms with Crippen LogP contribution in [0.25, 0.3) is 72.3 Å².